The molecule has 29 heavy (non-hydrogen) atoms. The molecule has 1 aromatic carbocycles. The van der Waals surface area contributed by atoms with Crippen LogP contribution in [-0.4, -0.2) is 64.7 Å². The molecule has 160 valence electrons. The third-order valence-electron chi connectivity index (χ3n) is 5.04. The van der Waals surface area contributed by atoms with Crippen molar-refractivity contribution in [2.45, 2.75) is 39.8 Å². The number of rotatable bonds is 7. The van der Waals surface area contributed by atoms with Gasteiger partial charge in [-0.3, -0.25) is 4.90 Å². The summed E-state index contributed by atoms with van der Waals surface area (Å²) in [6.45, 7) is 11.9. The van der Waals surface area contributed by atoms with Gasteiger partial charge in [-0.2, -0.15) is 4.98 Å². The fourth-order valence-electron chi connectivity index (χ4n) is 3.60. The predicted molar refractivity (Wildman–Crippen MR) is 128 cm³/mol. The second kappa shape index (κ2) is 11.7. The van der Waals surface area contributed by atoms with Crippen LogP contribution in [0.1, 0.15) is 33.1 Å². The first-order chi connectivity index (χ1) is 13.6. The zero-order valence-electron chi connectivity index (χ0n) is 17.3. The molecule has 0 aliphatic carbocycles. The Bertz CT molecular complexity index is 795. The lowest BCUT2D eigenvalue weighted by Crippen LogP contribution is -2.43. The van der Waals surface area contributed by atoms with E-state index in [2.05, 4.69) is 46.0 Å². The SMILES string of the molecule is CCNC(=NCc1nc(-c2cccc(Cl)c2)no1)N1CCC(N(CC)CC)C1.I. The van der Waals surface area contributed by atoms with Crippen molar-refractivity contribution in [3.8, 4) is 11.4 Å². The number of hydrogen-bond donors (Lipinski definition) is 1. The number of aromatic nitrogens is 2. The molecule has 9 heteroatoms. The van der Waals surface area contributed by atoms with Crippen LogP contribution in [0.4, 0.5) is 0 Å². The number of hydrogen-bond acceptors (Lipinski definition) is 5. The van der Waals surface area contributed by atoms with Crippen LogP contribution in [0.25, 0.3) is 11.4 Å². The van der Waals surface area contributed by atoms with Crippen molar-refractivity contribution >= 4 is 41.5 Å². The predicted octanol–water partition coefficient (Wildman–Crippen LogP) is 3.89. The largest absolute Gasteiger partial charge is 0.357 e. The van der Waals surface area contributed by atoms with Crippen molar-refractivity contribution in [3.05, 3.63) is 35.2 Å². The van der Waals surface area contributed by atoms with Gasteiger partial charge in [-0.15, -0.1) is 24.0 Å². The molecule has 2 aromatic rings. The smallest absolute Gasteiger partial charge is 0.248 e. The number of halogens is 2. The molecule has 3 rings (SSSR count). The van der Waals surface area contributed by atoms with Gasteiger partial charge >= 0.3 is 0 Å². The van der Waals surface area contributed by atoms with Gasteiger partial charge in [-0.25, -0.2) is 4.99 Å². The average molecular weight is 533 g/mol. The molecular weight excluding hydrogens is 503 g/mol. The van der Waals surface area contributed by atoms with Gasteiger partial charge in [0.15, 0.2) is 5.96 Å². The molecule has 2 heterocycles. The van der Waals surface area contributed by atoms with Gasteiger partial charge in [0.25, 0.3) is 0 Å². The molecule has 1 fully saturated rings. The number of aliphatic imine (C=N–C) groups is 1. The number of nitrogens with zero attached hydrogens (tertiary/aromatic N) is 5. The minimum Gasteiger partial charge on any atom is -0.357 e. The highest BCUT2D eigenvalue weighted by Gasteiger charge is 2.28. The van der Waals surface area contributed by atoms with Gasteiger partial charge in [0.2, 0.25) is 11.7 Å². The standard InChI is InChI=1S/C20H29ClN6O.HI/c1-4-22-20(27-11-10-17(14-27)26(5-2)6-3)23-13-18-24-19(25-28-18)15-8-7-9-16(21)12-15;/h7-9,12,17H,4-6,10-11,13-14H2,1-3H3,(H,22,23);1H. The van der Waals surface area contributed by atoms with E-state index in [9.17, 15) is 0 Å². The van der Waals surface area contributed by atoms with Crippen molar-refractivity contribution in [1.29, 1.82) is 0 Å². The van der Waals surface area contributed by atoms with Crippen molar-refractivity contribution in [1.82, 2.24) is 25.3 Å². The van der Waals surface area contributed by atoms with Crippen LogP contribution in [0.15, 0.2) is 33.8 Å². The second-order valence-electron chi connectivity index (χ2n) is 6.80. The Morgan fingerprint density at radius 1 is 1.34 bits per heavy atom. The quantitative estimate of drug-likeness (QED) is 0.331. The molecule has 0 saturated carbocycles. The molecule has 1 aromatic heterocycles. The van der Waals surface area contributed by atoms with Crippen molar-refractivity contribution in [2.75, 3.05) is 32.7 Å². The van der Waals surface area contributed by atoms with Crippen LogP contribution < -0.4 is 5.32 Å². The van der Waals surface area contributed by atoms with E-state index >= 15 is 0 Å². The Balaban J connectivity index is 0.00000300. The summed E-state index contributed by atoms with van der Waals surface area (Å²) in [4.78, 5) is 14.0. The van der Waals surface area contributed by atoms with E-state index < -0.39 is 0 Å². The van der Waals surface area contributed by atoms with E-state index in [1.54, 1.807) is 0 Å². The molecule has 1 unspecified atom stereocenters. The first kappa shape index (κ1) is 23.9. The third-order valence-corrected chi connectivity index (χ3v) is 5.28. The van der Waals surface area contributed by atoms with Crippen LogP contribution in [0.5, 0.6) is 0 Å². The number of nitrogens with one attached hydrogen (secondary N) is 1. The Morgan fingerprint density at radius 3 is 2.83 bits per heavy atom. The minimum absolute atomic E-state index is 0. The van der Waals surface area contributed by atoms with Crippen LogP contribution in [0.2, 0.25) is 5.02 Å². The lowest BCUT2D eigenvalue weighted by atomic mass is 10.2. The highest BCUT2D eigenvalue weighted by atomic mass is 127. The van der Waals surface area contributed by atoms with Gasteiger partial charge in [-0.05, 0) is 38.6 Å². The summed E-state index contributed by atoms with van der Waals surface area (Å²) in [7, 11) is 0. The molecule has 1 aliphatic heterocycles. The van der Waals surface area contributed by atoms with E-state index in [-0.39, 0.29) is 24.0 Å². The summed E-state index contributed by atoms with van der Waals surface area (Å²) in [5, 5.41) is 8.08. The number of likely N-dealkylation sites (N-methyl/N-ethyl adjacent to an activating group) is 1. The van der Waals surface area contributed by atoms with Crippen molar-refractivity contribution in [3.63, 3.8) is 0 Å². The zero-order valence-corrected chi connectivity index (χ0v) is 20.4. The topological polar surface area (TPSA) is 69.8 Å². The van der Waals surface area contributed by atoms with Gasteiger partial charge in [0.05, 0.1) is 0 Å². The maximum atomic E-state index is 6.04. The lowest BCUT2D eigenvalue weighted by Gasteiger charge is -2.27. The molecular formula is C20H30ClIN6O. The van der Waals surface area contributed by atoms with E-state index in [0.717, 1.165) is 50.7 Å². The van der Waals surface area contributed by atoms with E-state index in [4.69, 9.17) is 21.1 Å². The monoisotopic (exact) mass is 532 g/mol. The van der Waals surface area contributed by atoms with Crippen LogP contribution in [0.3, 0.4) is 0 Å². The Hall–Kier alpha value is -1.39. The fourth-order valence-corrected chi connectivity index (χ4v) is 3.79. The van der Waals surface area contributed by atoms with Gasteiger partial charge < -0.3 is 14.7 Å². The molecule has 1 N–H and O–H groups in total. The number of guanidine groups is 1. The maximum Gasteiger partial charge on any atom is 0.248 e. The van der Waals surface area contributed by atoms with Crippen molar-refractivity contribution < 1.29 is 4.52 Å². The highest BCUT2D eigenvalue weighted by Crippen LogP contribution is 2.20. The van der Waals surface area contributed by atoms with Crippen LogP contribution in [-0.2, 0) is 6.54 Å². The molecule has 0 spiro atoms. The van der Waals surface area contributed by atoms with Crippen molar-refractivity contribution in [2.24, 2.45) is 4.99 Å². The molecule has 0 bridgehead atoms. The minimum atomic E-state index is 0. The summed E-state index contributed by atoms with van der Waals surface area (Å²) in [6.07, 6.45) is 1.16. The fraction of sp³-hybridized carbons (Fsp3) is 0.550. The first-order valence-electron chi connectivity index (χ1n) is 10.00. The summed E-state index contributed by atoms with van der Waals surface area (Å²) in [5.41, 5.74) is 0.833. The normalized spacial score (nSPS) is 16.9. The summed E-state index contributed by atoms with van der Waals surface area (Å²) >= 11 is 6.04. The van der Waals surface area contributed by atoms with Gasteiger partial charge in [0, 0.05) is 36.3 Å². The zero-order chi connectivity index (χ0) is 19.9. The Morgan fingerprint density at radius 2 is 2.14 bits per heavy atom. The van der Waals surface area contributed by atoms with E-state index in [0.29, 0.717) is 29.3 Å². The lowest BCUT2D eigenvalue weighted by molar-refractivity contribution is 0.223. The number of benzene rings is 1. The Kier molecular flexibility index (Phi) is 9.64. The van der Waals surface area contributed by atoms with Crippen LogP contribution >= 0.6 is 35.6 Å². The summed E-state index contributed by atoms with van der Waals surface area (Å²) in [6, 6.07) is 8.00. The molecule has 1 saturated heterocycles. The molecule has 0 amide bonds. The molecule has 1 aliphatic rings. The second-order valence-corrected chi connectivity index (χ2v) is 7.24. The van der Waals surface area contributed by atoms with E-state index in [1.807, 2.05) is 24.3 Å². The molecule has 7 nitrogen and oxygen atoms in total. The highest BCUT2D eigenvalue weighted by molar-refractivity contribution is 14.0. The number of likely N-dealkylation sites (tertiary alicyclic amines) is 1. The maximum absolute atomic E-state index is 6.04. The van der Waals surface area contributed by atoms with E-state index in [1.165, 1.54) is 0 Å². The third kappa shape index (κ3) is 6.29. The average Bonchev–Trinajstić information content (AvgIpc) is 3.36. The van der Waals surface area contributed by atoms with Gasteiger partial charge in [-0.1, -0.05) is 42.7 Å². The van der Waals surface area contributed by atoms with Crippen LogP contribution in [0, 0.1) is 0 Å². The summed E-state index contributed by atoms with van der Waals surface area (Å²) < 4.78 is 5.38. The first-order valence-corrected chi connectivity index (χ1v) is 10.4. The van der Waals surface area contributed by atoms with Gasteiger partial charge in [0.1, 0.15) is 6.54 Å². The molecule has 0 radical (unpaired) electrons. The summed E-state index contributed by atoms with van der Waals surface area (Å²) in [5.74, 6) is 1.92. The molecule has 1 atom stereocenters. The Labute approximate surface area is 194 Å².